The molecule has 42 heavy (non-hydrogen) atoms. The summed E-state index contributed by atoms with van der Waals surface area (Å²) in [6.07, 6.45) is -0.812. The number of anilines is 2. The van der Waals surface area contributed by atoms with Gasteiger partial charge in [-0.25, -0.2) is 22.0 Å². The standard InChI is InChI=1S/C29H32F2N4O6S/c1-18-15-35(19(2)17-36)28(37)24-5-4-6-25(33-29(38)32-22-11-7-20(30)8-12-22)27(24)41-26(18)16-34(3)42(39,40)23-13-9-21(31)10-14-23/h4-14,18-19,26,36H,15-17H2,1-3H3,(H2,32,33,38)/t18-,19-,26+/m1/s1. The summed E-state index contributed by atoms with van der Waals surface area (Å²) in [7, 11) is -2.66. The van der Waals surface area contributed by atoms with Gasteiger partial charge in [-0.1, -0.05) is 13.0 Å². The van der Waals surface area contributed by atoms with E-state index >= 15 is 0 Å². The van der Waals surface area contributed by atoms with Crippen molar-refractivity contribution in [2.75, 3.05) is 37.4 Å². The van der Waals surface area contributed by atoms with Gasteiger partial charge >= 0.3 is 6.03 Å². The number of likely N-dealkylation sites (N-methyl/N-ethyl adjacent to an activating group) is 1. The topological polar surface area (TPSA) is 128 Å². The molecular formula is C29H32F2N4O6S. The van der Waals surface area contributed by atoms with Crippen LogP contribution in [0.15, 0.2) is 71.6 Å². The van der Waals surface area contributed by atoms with Crippen LogP contribution in [-0.2, 0) is 10.0 Å². The third-order valence-corrected chi connectivity index (χ3v) is 8.84. The summed E-state index contributed by atoms with van der Waals surface area (Å²) < 4.78 is 60.6. The molecule has 1 aliphatic heterocycles. The summed E-state index contributed by atoms with van der Waals surface area (Å²) in [6, 6.07) is 12.9. The molecule has 224 valence electrons. The maximum Gasteiger partial charge on any atom is 0.323 e. The van der Waals surface area contributed by atoms with Crippen LogP contribution in [0, 0.1) is 17.6 Å². The Morgan fingerprint density at radius 1 is 1.07 bits per heavy atom. The van der Waals surface area contributed by atoms with Crippen molar-refractivity contribution in [2.45, 2.75) is 30.9 Å². The van der Waals surface area contributed by atoms with Gasteiger partial charge in [0, 0.05) is 25.2 Å². The molecule has 0 bridgehead atoms. The van der Waals surface area contributed by atoms with Crippen LogP contribution in [0.5, 0.6) is 5.75 Å². The molecule has 0 saturated carbocycles. The van der Waals surface area contributed by atoms with Gasteiger partial charge in [0.25, 0.3) is 5.91 Å². The van der Waals surface area contributed by atoms with Crippen molar-refractivity contribution < 1.29 is 36.6 Å². The first kappa shape index (κ1) is 30.9. The highest BCUT2D eigenvalue weighted by molar-refractivity contribution is 7.89. The molecule has 3 atom stereocenters. The predicted molar refractivity (Wildman–Crippen MR) is 153 cm³/mol. The number of fused-ring (bicyclic) bond motifs is 1. The lowest BCUT2D eigenvalue weighted by Crippen LogP contribution is -2.50. The van der Waals surface area contributed by atoms with Gasteiger partial charge in [-0.3, -0.25) is 4.79 Å². The molecule has 1 aliphatic rings. The molecule has 3 aromatic rings. The molecule has 0 fully saturated rings. The van der Waals surface area contributed by atoms with Crippen LogP contribution in [0.4, 0.5) is 25.0 Å². The van der Waals surface area contributed by atoms with Crippen molar-refractivity contribution in [2.24, 2.45) is 5.92 Å². The van der Waals surface area contributed by atoms with Crippen molar-refractivity contribution in [3.8, 4) is 5.75 Å². The fourth-order valence-electron chi connectivity index (χ4n) is 4.52. The van der Waals surface area contributed by atoms with E-state index in [2.05, 4.69) is 10.6 Å². The second-order valence-electron chi connectivity index (χ2n) is 10.1. The van der Waals surface area contributed by atoms with Crippen molar-refractivity contribution in [3.63, 3.8) is 0 Å². The van der Waals surface area contributed by atoms with Crippen LogP contribution < -0.4 is 15.4 Å². The predicted octanol–water partition coefficient (Wildman–Crippen LogP) is 4.15. The van der Waals surface area contributed by atoms with Gasteiger partial charge in [-0.05, 0) is 67.6 Å². The molecule has 1 heterocycles. The Kier molecular flexibility index (Phi) is 9.44. The molecule has 3 amide bonds. The number of aliphatic hydroxyl groups excluding tert-OH is 1. The highest BCUT2D eigenvalue weighted by atomic mass is 32.2. The minimum absolute atomic E-state index is 0.0241. The Morgan fingerprint density at radius 2 is 1.69 bits per heavy atom. The molecule has 0 aliphatic carbocycles. The molecule has 13 heteroatoms. The lowest BCUT2D eigenvalue weighted by Gasteiger charge is -2.38. The third kappa shape index (κ3) is 6.86. The fraction of sp³-hybridized carbons (Fsp3) is 0.310. The van der Waals surface area contributed by atoms with E-state index in [-0.39, 0.29) is 41.6 Å². The van der Waals surface area contributed by atoms with Crippen LogP contribution >= 0.6 is 0 Å². The van der Waals surface area contributed by atoms with E-state index in [9.17, 15) is 31.9 Å². The first-order valence-corrected chi connectivity index (χ1v) is 14.6. The summed E-state index contributed by atoms with van der Waals surface area (Å²) in [5.41, 5.74) is 0.572. The number of amides is 3. The van der Waals surface area contributed by atoms with Gasteiger partial charge < -0.3 is 25.4 Å². The Labute approximate surface area is 242 Å². The summed E-state index contributed by atoms with van der Waals surface area (Å²) in [4.78, 5) is 27.8. The normalized spacial score (nSPS) is 18.0. The average Bonchev–Trinajstić information content (AvgIpc) is 2.96. The number of rotatable bonds is 8. The van der Waals surface area contributed by atoms with Gasteiger partial charge in [0.15, 0.2) is 5.75 Å². The summed E-state index contributed by atoms with van der Waals surface area (Å²) >= 11 is 0. The second kappa shape index (κ2) is 12.8. The van der Waals surface area contributed by atoms with E-state index in [4.69, 9.17) is 4.74 Å². The average molecular weight is 603 g/mol. The summed E-state index contributed by atoms with van der Waals surface area (Å²) in [5.74, 6) is -1.88. The number of nitrogens with one attached hydrogen (secondary N) is 2. The second-order valence-corrected chi connectivity index (χ2v) is 12.2. The summed E-state index contributed by atoms with van der Waals surface area (Å²) in [6.45, 7) is 3.17. The smallest absolute Gasteiger partial charge is 0.323 e. The number of sulfonamides is 1. The van der Waals surface area contributed by atoms with Crippen molar-refractivity contribution in [1.82, 2.24) is 9.21 Å². The first-order valence-electron chi connectivity index (χ1n) is 13.2. The number of benzene rings is 3. The minimum atomic E-state index is -4.03. The quantitative estimate of drug-likeness (QED) is 0.356. The lowest BCUT2D eigenvalue weighted by molar-refractivity contribution is 0.0389. The number of nitrogens with zero attached hydrogens (tertiary/aromatic N) is 2. The van der Waals surface area contributed by atoms with Crippen molar-refractivity contribution in [3.05, 3.63) is 83.9 Å². The molecule has 0 unspecified atom stereocenters. The van der Waals surface area contributed by atoms with Gasteiger partial charge in [0.1, 0.15) is 17.7 Å². The zero-order valence-electron chi connectivity index (χ0n) is 23.3. The Bertz CT molecular complexity index is 1540. The SMILES string of the molecule is C[C@@H]1CN([C@H](C)CO)C(=O)c2cccc(NC(=O)Nc3ccc(F)cc3)c2O[C@H]1CN(C)S(=O)(=O)c1ccc(F)cc1. The van der Waals surface area contributed by atoms with E-state index in [1.807, 2.05) is 0 Å². The highest BCUT2D eigenvalue weighted by Gasteiger charge is 2.36. The largest absolute Gasteiger partial charge is 0.486 e. The van der Waals surface area contributed by atoms with Gasteiger partial charge in [-0.15, -0.1) is 0 Å². The van der Waals surface area contributed by atoms with Gasteiger partial charge in [0.2, 0.25) is 10.0 Å². The number of halogens is 2. The maximum atomic E-state index is 13.6. The Hall–Kier alpha value is -4.07. The molecular weight excluding hydrogens is 570 g/mol. The molecule has 3 N–H and O–H groups in total. The highest BCUT2D eigenvalue weighted by Crippen LogP contribution is 2.35. The molecule has 4 rings (SSSR count). The molecule has 0 radical (unpaired) electrons. The number of carbonyl (C=O) groups is 2. The zero-order chi connectivity index (χ0) is 30.6. The third-order valence-electron chi connectivity index (χ3n) is 7.00. The van der Waals surface area contributed by atoms with Crippen molar-refractivity contribution in [1.29, 1.82) is 0 Å². The number of carbonyl (C=O) groups excluding carboxylic acids is 2. The lowest BCUT2D eigenvalue weighted by atomic mass is 9.99. The van der Waals surface area contributed by atoms with Gasteiger partial charge in [0.05, 0.1) is 35.3 Å². The van der Waals surface area contributed by atoms with Crippen LogP contribution in [-0.4, -0.2) is 73.6 Å². The first-order chi connectivity index (χ1) is 19.9. The van der Waals surface area contributed by atoms with Gasteiger partial charge in [-0.2, -0.15) is 4.31 Å². The number of urea groups is 1. The van der Waals surface area contributed by atoms with Crippen LogP contribution in [0.2, 0.25) is 0 Å². The van der Waals surface area contributed by atoms with Crippen LogP contribution in [0.1, 0.15) is 24.2 Å². The number of ether oxygens (including phenoxy) is 1. The fourth-order valence-corrected chi connectivity index (χ4v) is 5.70. The number of para-hydroxylation sites is 1. The van der Waals surface area contributed by atoms with E-state index in [1.165, 1.54) is 60.5 Å². The van der Waals surface area contributed by atoms with E-state index in [0.29, 0.717) is 5.69 Å². The molecule has 0 aromatic heterocycles. The monoisotopic (exact) mass is 602 g/mol. The van der Waals surface area contributed by atoms with E-state index < -0.39 is 51.7 Å². The van der Waals surface area contributed by atoms with Crippen LogP contribution in [0.25, 0.3) is 0 Å². The van der Waals surface area contributed by atoms with Crippen LogP contribution in [0.3, 0.4) is 0 Å². The maximum absolute atomic E-state index is 13.6. The van der Waals surface area contributed by atoms with E-state index in [0.717, 1.165) is 16.4 Å². The molecule has 0 saturated heterocycles. The van der Waals surface area contributed by atoms with Crippen molar-refractivity contribution >= 4 is 33.3 Å². The van der Waals surface area contributed by atoms with E-state index in [1.54, 1.807) is 19.9 Å². The molecule has 10 nitrogen and oxygen atoms in total. The Balaban J connectivity index is 1.68. The molecule has 0 spiro atoms. The zero-order valence-corrected chi connectivity index (χ0v) is 24.1. The number of aliphatic hydroxyl groups is 1. The minimum Gasteiger partial charge on any atom is -0.486 e. The summed E-state index contributed by atoms with van der Waals surface area (Å²) in [5, 5.41) is 15.1. The number of hydrogen-bond donors (Lipinski definition) is 3. The number of hydrogen-bond acceptors (Lipinski definition) is 6. The Morgan fingerprint density at radius 3 is 2.31 bits per heavy atom. The molecule has 3 aromatic carbocycles.